The molecule has 5 heteroatoms. The molecule has 0 aliphatic carbocycles. The number of aromatic nitrogens is 1. The van der Waals surface area contributed by atoms with Gasteiger partial charge in [-0.15, -0.1) is 0 Å². The molecule has 96 valence electrons. The smallest absolute Gasteiger partial charge is 1.00 e. The van der Waals surface area contributed by atoms with E-state index in [9.17, 15) is 9.59 Å². The van der Waals surface area contributed by atoms with Crippen molar-refractivity contribution in [1.29, 1.82) is 0 Å². The van der Waals surface area contributed by atoms with Gasteiger partial charge in [-0.05, 0) is 24.3 Å². The number of pyridine rings is 1. The summed E-state index contributed by atoms with van der Waals surface area (Å²) in [6.07, 6.45) is 0. The minimum absolute atomic E-state index is 0. The van der Waals surface area contributed by atoms with E-state index in [0.29, 0.717) is 16.3 Å². The van der Waals surface area contributed by atoms with Crippen LogP contribution >= 0.6 is 0 Å². The fourth-order valence-electron chi connectivity index (χ4n) is 2.18. The van der Waals surface area contributed by atoms with Crippen LogP contribution in [0.2, 0.25) is 0 Å². The van der Waals surface area contributed by atoms with E-state index < -0.39 is 5.97 Å². The maximum Gasteiger partial charge on any atom is 1.00 e. The van der Waals surface area contributed by atoms with Crippen molar-refractivity contribution in [2.75, 3.05) is 0 Å². The Balaban J connectivity index is 0.00000110. The number of carbonyl (C=O) groups excluding carboxylic acids is 1. The summed E-state index contributed by atoms with van der Waals surface area (Å²) in [7, 11) is 0. The molecule has 1 N–H and O–H groups in total. The fraction of sp³-hybridized carbons (Fsp3) is 0.0667. The molecule has 0 fully saturated rings. The third-order valence-corrected chi connectivity index (χ3v) is 2.95. The predicted octanol–water partition coefficient (Wildman–Crippen LogP) is -0.277. The first-order valence-electron chi connectivity index (χ1n) is 5.89. The molecule has 0 unspecified atom stereocenters. The van der Waals surface area contributed by atoms with Crippen LogP contribution in [0, 0.1) is 0 Å². The first kappa shape index (κ1) is 15.4. The van der Waals surface area contributed by atoms with Crippen molar-refractivity contribution in [2.45, 2.75) is 6.92 Å². The molecule has 2 aromatic carbocycles. The third kappa shape index (κ3) is 2.73. The van der Waals surface area contributed by atoms with Crippen molar-refractivity contribution >= 4 is 27.8 Å². The number of fused-ring (bicyclic) bond motifs is 2. The molecule has 1 aromatic heterocycles. The molecule has 0 spiro atoms. The number of hydrogen-bond donors (Lipinski definition) is 1. The molecule has 3 aromatic rings. The van der Waals surface area contributed by atoms with Crippen LogP contribution in [0.1, 0.15) is 8.35 Å². The number of para-hydroxylation sites is 1. The molecule has 0 saturated carbocycles. The Kier molecular flexibility index (Phi) is 4.77. The molecular formula is C15H12KNO3. The quantitative estimate of drug-likeness (QED) is 0.291. The average molecular weight is 293 g/mol. The second-order valence-corrected chi connectivity index (χ2v) is 4.27. The van der Waals surface area contributed by atoms with Gasteiger partial charge in [-0.25, -0.2) is 0 Å². The Morgan fingerprint density at radius 2 is 1.80 bits per heavy atom. The van der Waals surface area contributed by atoms with Gasteiger partial charge in [0.1, 0.15) is 5.75 Å². The molecule has 0 radical (unpaired) electrons. The zero-order valence-corrected chi connectivity index (χ0v) is 14.4. The van der Waals surface area contributed by atoms with Gasteiger partial charge >= 0.3 is 57.4 Å². The number of benzene rings is 2. The van der Waals surface area contributed by atoms with Crippen molar-refractivity contribution in [3.63, 3.8) is 0 Å². The van der Waals surface area contributed by atoms with Crippen LogP contribution in [0.15, 0.2) is 47.3 Å². The van der Waals surface area contributed by atoms with Crippen LogP contribution in [-0.2, 0) is 4.79 Å². The normalized spacial score (nSPS) is 10.2. The maximum atomic E-state index is 12.5. The summed E-state index contributed by atoms with van der Waals surface area (Å²) in [6.45, 7) is 1.31. The number of ether oxygens (including phenoxy) is 1. The van der Waals surface area contributed by atoms with Crippen molar-refractivity contribution in [1.82, 2.24) is 4.98 Å². The van der Waals surface area contributed by atoms with Gasteiger partial charge in [0.15, 0.2) is 0 Å². The van der Waals surface area contributed by atoms with E-state index in [2.05, 4.69) is 4.98 Å². The summed E-state index contributed by atoms with van der Waals surface area (Å²) in [4.78, 5) is 26.7. The van der Waals surface area contributed by atoms with E-state index in [0.717, 1.165) is 5.52 Å². The van der Waals surface area contributed by atoms with Gasteiger partial charge in [0.05, 0.1) is 10.9 Å². The van der Waals surface area contributed by atoms with Gasteiger partial charge in [-0.2, -0.15) is 0 Å². The summed E-state index contributed by atoms with van der Waals surface area (Å²) in [5, 5.41) is 0.978. The largest absolute Gasteiger partial charge is 1.00 e. The summed E-state index contributed by atoms with van der Waals surface area (Å²) in [5.41, 5.74) is 1.28. The average Bonchev–Trinajstić information content (AvgIpc) is 2.38. The standard InChI is InChI=1S/C15H11NO3.K.H/c1-9(17)19-13-8-4-7-12-14(13)15(18)10-5-2-3-6-11(10)16-12;;/h2-8H,1H3,(H,16,18);;/q;+1;-1. The summed E-state index contributed by atoms with van der Waals surface area (Å²) in [6, 6.07) is 12.4. The zero-order chi connectivity index (χ0) is 13.4. The third-order valence-electron chi connectivity index (χ3n) is 2.95. The molecule has 20 heavy (non-hydrogen) atoms. The zero-order valence-electron chi connectivity index (χ0n) is 12.3. The monoisotopic (exact) mass is 293 g/mol. The second kappa shape index (κ2) is 6.20. The Labute approximate surface area is 159 Å². The van der Waals surface area contributed by atoms with Gasteiger partial charge in [-0.1, -0.05) is 18.2 Å². The van der Waals surface area contributed by atoms with Gasteiger partial charge < -0.3 is 11.1 Å². The molecule has 4 nitrogen and oxygen atoms in total. The number of esters is 1. The van der Waals surface area contributed by atoms with Crippen LogP contribution in [0.4, 0.5) is 0 Å². The number of nitrogens with one attached hydrogen (secondary N) is 1. The maximum absolute atomic E-state index is 12.5. The van der Waals surface area contributed by atoms with Crippen molar-refractivity contribution in [3.05, 3.63) is 52.7 Å². The molecule has 3 rings (SSSR count). The van der Waals surface area contributed by atoms with Gasteiger partial charge in [0.25, 0.3) is 0 Å². The van der Waals surface area contributed by atoms with E-state index in [4.69, 9.17) is 4.74 Å². The summed E-state index contributed by atoms with van der Waals surface area (Å²) < 4.78 is 5.10. The van der Waals surface area contributed by atoms with Crippen LogP contribution < -0.4 is 61.6 Å². The van der Waals surface area contributed by atoms with E-state index in [-0.39, 0.29) is 64.0 Å². The van der Waals surface area contributed by atoms with E-state index in [1.165, 1.54) is 6.92 Å². The fourth-order valence-corrected chi connectivity index (χ4v) is 2.18. The predicted molar refractivity (Wildman–Crippen MR) is 74.5 cm³/mol. The van der Waals surface area contributed by atoms with E-state index in [1.54, 1.807) is 30.3 Å². The molecule has 0 aliphatic rings. The molecule has 0 aliphatic heterocycles. The molecular weight excluding hydrogens is 281 g/mol. The summed E-state index contributed by atoms with van der Waals surface area (Å²) >= 11 is 0. The number of rotatable bonds is 1. The Morgan fingerprint density at radius 3 is 2.55 bits per heavy atom. The second-order valence-electron chi connectivity index (χ2n) is 4.27. The minimum atomic E-state index is -0.444. The van der Waals surface area contributed by atoms with E-state index in [1.807, 2.05) is 12.1 Å². The van der Waals surface area contributed by atoms with E-state index >= 15 is 0 Å². The van der Waals surface area contributed by atoms with Crippen molar-refractivity contribution < 1.29 is 62.3 Å². The SMILES string of the molecule is CC(=O)Oc1cccc2[nH]c3ccccc3c(=O)c12.[H-].[K+]. The van der Waals surface area contributed by atoms with Crippen molar-refractivity contribution in [2.24, 2.45) is 0 Å². The van der Waals surface area contributed by atoms with Crippen LogP contribution in [0.25, 0.3) is 21.8 Å². The number of H-pyrrole nitrogens is 1. The first-order chi connectivity index (χ1) is 9.16. The minimum Gasteiger partial charge on any atom is -1.00 e. The topological polar surface area (TPSA) is 59.2 Å². The van der Waals surface area contributed by atoms with Crippen LogP contribution in [0.3, 0.4) is 0 Å². The number of carbonyl (C=O) groups is 1. The number of aromatic amines is 1. The van der Waals surface area contributed by atoms with Crippen molar-refractivity contribution in [3.8, 4) is 5.75 Å². The molecule has 0 amide bonds. The first-order valence-corrected chi connectivity index (χ1v) is 5.89. The molecule has 1 heterocycles. The van der Waals surface area contributed by atoms with Gasteiger partial charge in [0.2, 0.25) is 5.43 Å². The van der Waals surface area contributed by atoms with Gasteiger partial charge in [-0.3, -0.25) is 9.59 Å². The molecule has 0 bridgehead atoms. The Morgan fingerprint density at radius 1 is 1.10 bits per heavy atom. The molecule has 0 saturated heterocycles. The Hall–Kier alpha value is -0.984. The van der Waals surface area contributed by atoms with Crippen LogP contribution in [0.5, 0.6) is 5.75 Å². The number of hydrogen-bond acceptors (Lipinski definition) is 3. The molecule has 0 atom stereocenters. The van der Waals surface area contributed by atoms with Crippen LogP contribution in [-0.4, -0.2) is 11.0 Å². The van der Waals surface area contributed by atoms with Gasteiger partial charge in [0, 0.05) is 17.8 Å². The Bertz CT molecular complexity index is 860. The summed E-state index contributed by atoms with van der Waals surface area (Å²) in [5.74, 6) is -0.155.